The Labute approximate surface area is 151 Å². The minimum absolute atomic E-state index is 0.0354. The fourth-order valence-corrected chi connectivity index (χ4v) is 3.10. The molecule has 0 radical (unpaired) electrons. The van der Waals surface area contributed by atoms with Crippen molar-refractivity contribution in [3.63, 3.8) is 0 Å². The van der Waals surface area contributed by atoms with Gasteiger partial charge in [-0.25, -0.2) is 0 Å². The smallest absolute Gasteiger partial charge is 0.225 e. The van der Waals surface area contributed by atoms with E-state index in [2.05, 4.69) is 5.32 Å². The van der Waals surface area contributed by atoms with Crippen molar-refractivity contribution in [2.45, 2.75) is 18.2 Å². The molecule has 24 heavy (non-hydrogen) atoms. The van der Waals surface area contributed by atoms with Crippen LogP contribution in [-0.2, 0) is 4.79 Å². The summed E-state index contributed by atoms with van der Waals surface area (Å²) in [6.45, 7) is 1.92. The summed E-state index contributed by atoms with van der Waals surface area (Å²) in [6.07, 6.45) is 0.418. The number of thioether (sulfide) groups is 1. The molecule has 2 aromatic carbocycles. The largest absolute Gasteiger partial charge is 0.493 e. The number of hydrogen-bond donors (Lipinski definition) is 1. The standard InChI is InChI=1S/C18H20ClNO3S/c1-12-10-16(22-2)17(23-3)11-15(12)20-18(21)8-9-24-14-6-4-13(19)5-7-14/h4-7,10-11H,8-9H2,1-3H3,(H,20,21). The van der Waals surface area contributed by atoms with E-state index in [4.69, 9.17) is 21.1 Å². The molecule has 0 aromatic heterocycles. The molecule has 0 heterocycles. The molecule has 0 saturated carbocycles. The van der Waals surface area contributed by atoms with Crippen LogP contribution in [0.5, 0.6) is 11.5 Å². The quantitative estimate of drug-likeness (QED) is 0.717. The van der Waals surface area contributed by atoms with Gasteiger partial charge in [0, 0.05) is 33.8 Å². The molecule has 1 amide bonds. The lowest BCUT2D eigenvalue weighted by Crippen LogP contribution is -2.13. The van der Waals surface area contributed by atoms with Crippen LogP contribution in [0.25, 0.3) is 0 Å². The molecule has 0 aliphatic rings. The fraction of sp³-hybridized carbons (Fsp3) is 0.278. The van der Waals surface area contributed by atoms with E-state index in [1.54, 1.807) is 32.0 Å². The zero-order valence-corrected chi connectivity index (χ0v) is 15.5. The highest BCUT2D eigenvalue weighted by Crippen LogP contribution is 2.33. The number of carbonyl (C=O) groups is 1. The Kier molecular flexibility index (Phi) is 6.82. The highest BCUT2D eigenvalue weighted by atomic mass is 35.5. The van der Waals surface area contributed by atoms with E-state index in [1.807, 2.05) is 37.3 Å². The zero-order chi connectivity index (χ0) is 17.5. The molecule has 0 spiro atoms. The van der Waals surface area contributed by atoms with Crippen LogP contribution in [0, 0.1) is 6.92 Å². The summed E-state index contributed by atoms with van der Waals surface area (Å²) in [5, 5.41) is 3.63. The zero-order valence-electron chi connectivity index (χ0n) is 13.9. The number of benzene rings is 2. The lowest BCUT2D eigenvalue weighted by atomic mass is 10.1. The first-order valence-corrected chi connectivity index (χ1v) is 8.80. The van der Waals surface area contributed by atoms with E-state index in [0.717, 1.165) is 16.1 Å². The molecule has 0 fully saturated rings. The summed E-state index contributed by atoms with van der Waals surface area (Å²) in [5.74, 6) is 1.90. The SMILES string of the molecule is COc1cc(C)c(NC(=O)CCSc2ccc(Cl)cc2)cc1OC. The molecule has 2 aromatic rings. The van der Waals surface area contributed by atoms with Gasteiger partial charge in [0.05, 0.1) is 14.2 Å². The number of halogens is 1. The number of anilines is 1. The molecular weight excluding hydrogens is 346 g/mol. The molecule has 0 bridgehead atoms. The average molecular weight is 366 g/mol. The first-order valence-electron chi connectivity index (χ1n) is 7.44. The van der Waals surface area contributed by atoms with Crippen molar-refractivity contribution >= 4 is 35.0 Å². The molecule has 128 valence electrons. The maximum absolute atomic E-state index is 12.1. The van der Waals surface area contributed by atoms with Gasteiger partial charge in [-0.1, -0.05) is 11.6 Å². The average Bonchev–Trinajstić information content (AvgIpc) is 2.58. The summed E-state index contributed by atoms with van der Waals surface area (Å²) >= 11 is 7.48. The third-order valence-electron chi connectivity index (χ3n) is 3.42. The summed E-state index contributed by atoms with van der Waals surface area (Å²) < 4.78 is 10.5. The van der Waals surface area contributed by atoms with Gasteiger partial charge >= 0.3 is 0 Å². The van der Waals surface area contributed by atoms with E-state index < -0.39 is 0 Å². The van der Waals surface area contributed by atoms with Crippen molar-refractivity contribution in [1.29, 1.82) is 0 Å². The monoisotopic (exact) mass is 365 g/mol. The highest BCUT2D eigenvalue weighted by Gasteiger charge is 2.11. The normalized spacial score (nSPS) is 10.3. The number of ether oxygens (including phenoxy) is 2. The van der Waals surface area contributed by atoms with Gasteiger partial charge in [-0.05, 0) is 42.8 Å². The number of rotatable bonds is 7. The van der Waals surface area contributed by atoms with Crippen molar-refractivity contribution in [2.75, 3.05) is 25.3 Å². The molecule has 1 N–H and O–H groups in total. The van der Waals surface area contributed by atoms with E-state index in [1.165, 1.54) is 0 Å². The number of carbonyl (C=O) groups excluding carboxylic acids is 1. The Hall–Kier alpha value is -1.85. The van der Waals surface area contributed by atoms with Crippen molar-refractivity contribution < 1.29 is 14.3 Å². The maximum atomic E-state index is 12.1. The topological polar surface area (TPSA) is 47.6 Å². The summed E-state index contributed by atoms with van der Waals surface area (Å²) in [4.78, 5) is 13.2. The maximum Gasteiger partial charge on any atom is 0.225 e. The molecule has 2 rings (SSSR count). The number of aryl methyl sites for hydroxylation is 1. The van der Waals surface area contributed by atoms with Crippen LogP contribution in [0.2, 0.25) is 5.02 Å². The van der Waals surface area contributed by atoms with Gasteiger partial charge in [0.2, 0.25) is 5.91 Å². The Balaban J connectivity index is 1.91. The number of amides is 1. The van der Waals surface area contributed by atoms with Gasteiger partial charge in [-0.2, -0.15) is 0 Å². The van der Waals surface area contributed by atoms with Crippen molar-refractivity contribution in [2.24, 2.45) is 0 Å². The van der Waals surface area contributed by atoms with Crippen LogP contribution in [-0.4, -0.2) is 25.9 Å². The van der Waals surface area contributed by atoms with Crippen LogP contribution >= 0.6 is 23.4 Å². The minimum Gasteiger partial charge on any atom is -0.493 e. The number of hydrogen-bond acceptors (Lipinski definition) is 4. The molecule has 6 heteroatoms. The first-order chi connectivity index (χ1) is 11.5. The molecule has 0 aliphatic heterocycles. The molecule has 0 saturated heterocycles. The third-order valence-corrected chi connectivity index (χ3v) is 4.68. The van der Waals surface area contributed by atoms with Gasteiger partial charge in [0.15, 0.2) is 11.5 Å². The van der Waals surface area contributed by atoms with E-state index in [-0.39, 0.29) is 5.91 Å². The van der Waals surface area contributed by atoms with Gasteiger partial charge in [0.25, 0.3) is 0 Å². The predicted octanol–water partition coefficient (Wildman–Crippen LogP) is 4.79. The molecular formula is C18H20ClNO3S. The van der Waals surface area contributed by atoms with Crippen molar-refractivity contribution in [3.05, 3.63) is 47.0 Å². The lowest BCUT2D eigenvalue weighted by Gasteiger charge is -2.13. The predicted molar refractivity (Wildman–Crippen MR) is 99.7 cm³/mol. The van der Waals surface area contributed by atoms with E-state index >= 15 is 0 Å². The summed E-state index contributed by atoms with van der Waals surface area (Å²) in [6, 6.07) is 11.2. The highest BCUT2D eigenvalue weighted by molar-refractivity contribution is 7.99. The fourth-order valence-electron chi connectivity index (χ4n) is 2.12. The minimum atomic E-state index is -0.0354. The van der Waals surface area contributed by atoms with Crippen LogP contribution < -0.4 is 14.8 Å². The van der Waals surface area contributed by atoms with Gasteiger partial charge < -0.3 is 14.8 Å². The summed E-state index contributed by atoms with van der Waals surface area (Å²) in [7, 11) is 3.16. The molecule has 4 nitrogen and oxygen atoms in total. The summed E-state index contributed by atoms with van der Waals surface area (Å²) in [5.41, 5.74) is 1.65. The van der Waals surface area contributed by atoms with Gasteiger partial charge in [-0.3, -0.25) is 4.79 Å². The van der Waals surface area contributed by atoms with Gasteiger partial charge in [0.1, 0.15) is 0 Å². The first kappa shape index (κ1) is 18.5. The van der Waals surface area contributed by atoms with E-state index in [0.29, 0.717) is 28.7 Å². The number of methoxy groups -OCH3 is 2. The Morgan fingerprint density at radius 3 is 2.38 bits per heavy atom. The lowest BCUT2D eigenvalue weighted by molar-refractivity contribution is -0.115. The Bertz CT molecular complexity index is 704. The van der Waals surface area contributed by atoms with Crippen LogP contribution in [0.15, 0.2) is 41.3 Å². The van der Waals surface area contributed by atoms with Crippen LogP contribution in [0.3, 0.4) is 0 Å². The van der Waals surface area contributed by atoms with Crippen LogP contribution in [0.1, 0.15) is 12.0 Å². The molecule has 0 aliphatic carbocycles. The number of nitrogens with one attached hydrogen (secondary N) is 1. The Morgan fingerprint density at radius 2 is 1.75 bits per heavy atom. The van der Waals surface area contributed by atoms with Crippen molar-refractivity contribution in [1.82, 2.24) is 0 Å². The van der Waals surface area contributed by atoms with Crippen molar-refractivity contribution in [3.8, 4) is 11.5 Å². The third kappa shape index (κ3) is 5.08. The Morgan fingerprint density at radius 1 is 1.12 bits per heavy atom. The van der Waals surface area contributed by atoms with Crippen LogP contribution in [0.4, 0.5) is 5.69 Å². The van der Waals surface area contributed by atoms with Gasteiger partial charge in [-0.15, -0.1) is 11.8 Å². The second-order valence-corrected chi connectivity index (χ2v) is 6.73. The second kappa shape index (κ2) is 8.85. The second-order valence-electron chi connectivity index (χ2n) is 5.12. The molecule has 0 atom stereocenters. The van der Waals surface area contributed by atoms with E-state index in [9.17, 15) is 4.79 Å². The molecule has 0 unspecified atom stereocenters.